The van der Waals surface area contributed by atoms with Gasteiger partial charge in [0, 0.05) is 20.1 Å². The molecule has 1 fully saturated rings. The van der Waals surface area contributed by atoms with Gasteiger partial charge in [0.2, 0.25) is 0 Å². The Morgan fingerprint density at radius 1 is 1.04 bits per heavy atom. The van der Waals surface area contributed by atoms with E-state index < -0.39 is 0 Å². The highest BCUT2D eigenvalue weighted by molar-refractivity contribution is 5.79. The normalized spacial score (nSPS) is 16.1. The third-order valence-electron chi connectivity index (χ3n) is 5.07. The van der Waals surface area contributed by atoms with Crippen molar-refractivity contribution >= 4 is 5.96 Å². The number of hydrogen-bond acceptors (Lipinski definition) is 3. The summed E-state index contributed by atoms with van der Waals surface area (Å²) in [4.78, 5) is 6.93. The zero-order valence-electron chi connectivity index (χ0n) is 16.3. The Balaban J connectivity index is 1.62. The van der Waals surface area contributed by atoms with Gasteiger partial charge in [0.1, 0.15) is 5.75 Å². The van der Waals surface area contributed by atoms with Crippen LogP contribution in [0.25, 0.3) is 0 Å². The summed E-state index contributed by atoms with van der Waals surface area (Å²) in [6.07, 6.45) is 2.54. The summed E-state index contributed by atoms with van der Waals surface area (Å²) < 4.78 is 5.31. The van der Waals surface area contributed by atoms with Crippen LogP contribution in [0.15, 0.2) is 59.6 Å². The second-order valence-electron chi connectivity index (χ2n) is 6.82. The Kier molecular flexibility index (Phi) is 7.11. The maximum atomic E-state index is 5.31. The number of likely N-dealkylation sites (tertiary alicyclic amines) is 1. The van der Waals surface area contributed by atoms with Crippen molar-refractivity contribution < 1.29 is 4.74 Å². The molecule has 0 spiro atoms. The maximum absolute atomic E-state index is 5.31. The number of benzene rings is 2. The zero-order chi connectivity index (χ0) is 18.9. The fourth-order valence-corrected chi connectivity index (χ4v) is 3.53. The number of aliphatic imine (C=N–C) groups is 1. The average Bonchev–Trinajstić information content (AvgIpc) is 3.26. The van der Waals surface area contributed by atoms with Gasteiger partial charge in [-0.1, -0.05) is 42.5 Å². The molecule has 1 aliphatic rings. The fourth-order valence-electron chi connectivity index (χ4n) is 3.53. The molecule has 27 heavy (non-hydrogen) atoms. The molecule has 1 saturated heterocycles. The number of methoxy groups -OCH3 is 1. The van der Waals surface area contributed by atoms with Crippen molar-refractivity contribution in [3.05, 3.63) is 65.7 Å². The van der Waals surface area contributed by atoms with E-state index in [1.54, 1.807) is 7.11 Å². The van der Waals surface area contributed by atoms with Crippen molar-refractivity contribution in [2.45, 2.75) is 25.4 Å². The molecule has 2 N–H and O–H groups in total. The molecule has 1 heterocycles. The molecule has 1 atom stereocenters. The SMILES string of the molecule is CN=C(NCc1ccccc1)NCC(c1ccc(OC)cc1)N1CCCC1. The van der Waals surface area contributed by atoms with E-state index in [1.807, 2.05) is 25.2 Å². The predicted molar refractivity (Wildman–Crippen MR) is 111 cm³/mol. The monoisotopic (exact) mass is 366 g/mol. The first-order valence-corrected chi connectivity index (χ1v) is 9.66. The molecule has 5 nitrogen and oxygen atoms in total. The summed E-state index contributed by atoms with van der Waals surface area (Å²) in [5.41, 5.74) is 2.55. The molecule has 0 bridgehead atoms. The molecular weight excluding hydrogens is 336 g/mol. The molecule has 0 aromatic heterocycles. The topological polar surface area (TPSA) is 48.9 Å². The Morgan fingerprint density at radius 3 is 2.37 bits per heavy atom. The van der Waals surface area contributed by atoms with E-state index >= 15 is 0 Å². The first-order chi connectivity index (χ1) is 13.3. The molecule has 0 radical (unpaired) electrons. The number of ether oxygens (including phenoxy) is 1. The molecule has 0 saturated carbocycles. The average molecular weight is 367 g/mol. The van der Waals surface area contributed by atoms with Gasteiger partial charge in [-0.3, -0.25) is 9.89 Å². The molecule has 1 unspecified atom stereocenters. The van der Waals surface area contributed by atoms with Gasteiger partial charge in [-0.2, -0.15) is 0 Å². The van der Waals surface area contributed by atoms with Gasteiger partial charge in [0.25, 0.3) is 0 Å². The van der Waals surface area contributed by atoms with Crippen LogP contribution >= 0.6 is 0 Å². The highest BCUT2D eigenvalue weighted by Gasteiger charge is 2.23. The first kappa shape index (κ1) is 19.2. The second-order valence-corrected chi connectivity index (χ2v) is 6.82. The minimum Gasteiger partial charge on any atom is -0.497 e. The van der Waals surface area contributed by atoms with Crippen LogP contribution in [0.2, 0.25) is 0 Å². The van der Waals surface area contributed by atoms with Gasteiger partial charge in [-0.05, 0) is 49.2 Å². The van der Waals surface area contributed by atoms with Crippen LogP contribution in [0, 0.1) is 0 Å². The first-order valence-electron chi connectivity index (χ1n) is 9.66. The van der Waals surface area contributed by atoms with Gasteiger partial charge in [-0.15, -0.1) is 0 Å². The Hall–Kier alpha value is -2.53. The van der Waals surface area contributed by atoms with Crippen molar-refractivity contribution in [3.63, 3.8) is 0 Å². The van der Waals surface area contributed by atoms with Gasteiger partial charge in [0.15, 0.2) is 5.96 Å². The highest BCUT2D eigenvalue weighted by atomic mass is 16.5. The van der Waals surface area contributed by atoms with Crippen molar-refractivity contribution in [3.8, 4) is 5.75 Å². The number of hydrogen-bond donors (Lipinski definition) is 2. The second kappa shape index (κ2) is 9.97. The third-order valence-corrected chi connectivity index (χ3v) is 5.07. The number of nitrogens with one attached hydrogen (secondary N) is 2. The molecule has 144 valence electrons. The summed E-state index contributed by atoms with van der Waals surface area (Å²) in [7, 11) is 3.52. The molecule has 3 rings (SSSR count). The van der Waals surface area contributed by atoms with Crippen LogP contribution in [-0.2, 0) is 6.54 Å². The highest BCUT2D eigenvalue weighted by Crippen LogP contribution is 2.26. The lowest BCUT2D eigenvalue weighted by Gasteiger charge is -2.29. The van der Waals surface area contributed by atoms with Gasteiger partial charge < -0.3 is 15.4 Å². The van der Waals surface area contributed by atoms with Crippen LogP contribution in [0.3, 0.4) is 0 Å². The van der Waals surface area contributed by atoms with Crippen molar-refractivity contribution in [1.82, 2.24) is 15.5 Å². The molecule has 5 heteroatoms. The van der Waals surface area contributed by atoms with Crippen LogP contribution in [0.1, 0.15) is 30.0 Å². The van der Waals surface area contributed by atoms with E-state index in [1.165, 1.54) is 24.0 Å². The summed E-state index contributed by atoms with van der Waals surface area (Å²) in [5, 5.41) is 6.91. The number of guanidine groups is 1. The van der Waals surface area contributed by atoms with E-state index in [0.29, 0.717) is 6.04 Å². The van der Waals surface area contributed by atoms with E-state index in [-0.39, 0.29) is 0 Å². The largest absolute Gasteiger partial charge is 0.497 e. The summed E-state index contributed by atoms with van der Waals surface area (Å²) in [6.45, 7) is 3.88. The Bertz CT molecular complexity index is 709. The maximum Gasteiger partial charge on any atom is 0.191 e. The molecule has 1 aliphatic heterocycles. The molecule has 2 aromatic rings. The lowest BCUT2D eigenvalue weighted by Crippen LogP contribution is -2.42. The van der Waals surface area contributed by atoms with E-state index in [9.17, 15) is 0 Å². The van der Waals surface area contributed by atoms with Crippen LogP contribution < -0.4 is 15.4 Å². The van der Waals surface area contributed by atoms with Crippen molar-refractivity contribution in [2.24, 2.45) is 4.99 Å². The standard InChI is InChI=1S/C22H30N4O/c1-23-22(24-16-18-8-4-3-5-9-18)25-17-21(26-14-6-7-15-26)19-10-12-20(27-2)13-11-19/h3-5,8-13,21H,6-7,14-17H2,1-2H3,(H2,23,24,25). The van der Waals surface area contributed by atoms with Gasteiger partial charge in [-0.25, -0.2) is 0 Å². The molecular formula is C22H30N4O. The lowest BCUT2D eigenvalue weighted by molar-refractivity contribution is 0.245. The van der Waals surface area contributed by atoms with Gasteiger partial charge in [0.05, 0.1) is 13.2 Å². The van der Waals surface area contributed by atoms with Crippen LogP contribution in [0.4, 0.5) is 0 Å². The quantitative estimate of drug-likeness (QED) is 0.584. The minimum absolute atomic E-state index is 0.327. The molecule has 0 aliphatic carbocycles. The Morgan fingerprint density at radius 2 is 1.74 bits per heavy atom. The summed E-state index contributed by atoms with van der Waals surface area (Å²) >= 11 is 0. The molecule has 2 aromatic carbocycles. The minimum atomic E-state index is 0.327. The van der Waals surface area contributed by atoms with Gasteiger partial charge >= 0.3 is 0 Å². The Labute approximate surface area is 162 Å². The van der Waals surface area contributed by atoms with Crippen LogP contribution in [0.5, 0.6) is 5.75 Å². The lowest BCUT2D eigenvalue weighted by atomic mass is 10.1. The smallest absolute Gasteiger partial charge is 0.191 e. The van der Waals surface area contributed by atoms with Crippen molar-refractivity contribution in [2.75, 3.05) is 33.8 Å². The van der Waals surface area contributed by atoms with E-state index in [4.69, 9.17) is 4.74 Å². The van der Waals surface area contributed by atoms with E-state index in [0.717, 1.165) is 37.9 Å². The van der Waals surface area contributed by atoms with Crippen molar-refractivity contribution in [1.29, 1.82) is 0 Å². The predicted octanol–water partition coefficient (Wildman–Crippen LogP) is 3.20. The van der Waals surface area contributed by atoms with Crippen LogP contribution in [-0.4, -0.2) is 44.7 Å². The number of nitrogens with zero attached hydrogens (tertiary/aromatic N) is 2. The van der Waals surface area contributed by atoms with E-state index in [2.05, 4.69) is 56.9 Å². The summed E-state index contributed by atoms with van der Waals surface area (Å²) in [5.74, 6) is 1.73. The molecule has 0 amide bonds. The zero-order valence-corrected chi connectivity index (χ0v) is 16.3. The summed E-state index contributed by atoms with van der Waals surface area (Å²) in [6, 6.07) is 19.1. The third kappa shape index (κ3) is 5.47. The fraction of sp³-hybridized carbons (Fsp3) is 0.409. The number of rotatable bonds is 7.